The van der Waals surface area contributed by atoms with Crippen LogP contribution in [0.25, 0.3) is 22.2 Å². The fourth-order valence-electron chi connectivity index (χ4n) is 2.90. The Morgan fingerprint density at radius 1 is 1.19 bits per heavy atom. The first-order chi connectivity index (χ1) is 13.1. The molecule has 0 fully saturated rings. The number of hydrogen-bond acceptors (Lipinski definition) is 3. The summed E-state index contributed by atoms with van der Waals surface area (Å²) in [4.78, 5) is 15.5. The summed E-state index contributed by atoms with van der Waals surface area (Å²) in [5, 5.41) is 10.5. The molecule has 136 valence electrons. The van der Waals surface area contributed by atoms with Gasteiger partial charge in [-0.1, -0.05) is 12.1 Å². The standard InChI is InChI=1S/C20H17FN4O2/c1-27-16-4-2-3-12(9-16)18-10-19(25-24-18)20(26)22-11-15-8-13-7-14(21)5-6-17(13)23-15/h2-10,23H,11H2,1H3,(H,22,26)(H,24,25). The van der Waals surface area contributed by atoms with Crippen LogP contribution in [0.15, 0.2) is 54.6 Å². The molecule has 4 aromatic rings. The lowest BCUT2D eigenvalue weighted by Gasteiger charge is -2.01. The highest BCUT2D eigenvalue weighted by molar-refractivity contribution is 5.93. The van der Waals surface area contributed by atoms with Crippen LogP contribution in [0.4, 0.5) is 4.39 Å². The molecule has 0 unspecified atom stereocenters. The zero-order valence-corrected chi connectivity index (χ0v) is 14.5. The molecule has 0 aliphatic heterocycles. The van der Waals surface area contributed by atoms with Crippen molar-refractivity contribution in [2.45, 2.75) is 6.54 Å². The molecule has 0 radical (unpaired) electrons. The third kappa shape index (κ3) is 3.52. The number of halogens is 1. The van der Waals surface area contributed by atoms with Crippen molar-refractivity contribution in [2.24, 2.45) is 0 Å². The number of benzene rings is 2. The lowest BCUT2D eigenvalue weighted by Crippen LogP contribution is -2.23. The summed E-state index contributed by atoms with van der Waals surface area (Å²) in [6, 6.07) is 15.5. The van der Waals surface area contributed by atoms with Gasteiger partial charge in [-0.2, -0.15) is 5.10 Å². The van der Waals surface area contributed by atoms with Crippen LogP contribution >= 0.6 is 0 Å². The number of ether oxygens (including phenoxy) is 1. The van der Waals surface area contributed by atoms with Gasteiger partial charge in [0, 0.05) is 22.2 Å². The van der Waals surface area contributed by atoms with Crippen LogP contribution in [0.2, 0.25) is 0 Å². The van der Waals surface area contributed by atoms with Gasteiger partial charge in [-0.15, -0.1) is 0 Å². The summed E-state index contributed by atoms with van der Waals surface area (Å²) < 4.78 is 18.5. The topological polar surface area (TPSA) is 82.8 Å². The highest BCUT2D eigenvalue weighted by atomic mass is 19.1. The summed E-state index contributed by atoms with van der Waals surface area (Å²) >= 11 is 0. The summed E-state index contributed by atoms with van der Waals surface area (Å²) in [7, 11) is 1.60. The number of methoxy groups -OCH3 is 1. The SMILES string of the molecule is COc1cccc(-c2cc(C(=O)NCc3cc4cc(F)ccc4[nH]3)[nH]n2)c1. The molecule has 0 bridgehead atoms. The number of aromatic amines is 2. The average molecular weight is 364 g/mol. The van der Waals surface area contributed by atoms with E-state index in [0.29, 0.717) is 17.9 Å². The number of amides is 1. The van der Waals surface area contributed by atoms with Crippen LogP contribution in [0.5, 0.6) is 5.75 Å². The van der Waals surface area contributed by atoms with Gasteiger partial charge >= 0.3 is 0 Å². The van der Waals surface area contributed by atoms with Crippen molar-refractivity contribution in [1.82, 2.24) is 20.5 Å². The molecule has 1 amide bonds. The maximum Gasteiger partial charge on any atom is 0.269 e. The molecule has 0 saturated carbocycles. The van der Waals surface area contributed by atoms with Crippen molar-refractivity contribution in [1.29, 1.82) is 0 Å². The number of rotatable bonds is 5. The first kappa shape index (κ1) is 16.8. The zero-order valence-electron chi connectivity index (χ0n) is 14.5. The van der Waals surface area contributed by atoms with E-state index in [0.717, 1.165) is 27.9 Å². The molecular formula is C20H17FN4O2. The smallest absolute Gasteiger partial charge is 0.269 e. The Labute approximate surface area is 154 Å². The maximum atomic E-state index is 13.3. The Bertz CT molecular complexity index is 1120. The molecule has 0 spiro atoms. The quantitative estimate of drug-likeness (QED) is 0.506. The van der Waals surface area contributed by atoms with E-state index < -0.39 is 0 Å². The van der Waals surface area contributed by atoms with E-state index in [1.54, 1.807) is 19.2 Å². The predicted molar refractivity (Wildman–Crippen MR) is 100 cm³/mol. The lowest BCUT2D eigenvalue weighted by molar-refractivity contribution is 0.0945. The number of carbonyl (C=O) groups excluding carboxylic acids is 1. The second-order valence-corrected chi connectivity index (χ2v) is 6.11. The highest BCUT2D eigenvalue weighted by Gasteiger charge is 2.12. The first-order valence-corrected chi connectivity index (χ1v) is 8.37. The van der Waals surface area contributed by atoms with E-state index >= 15 is 0 Å². The number of hydrogen-bond donors (Lipinski definition) is 3. The molecule has 0 aliphatic carbocycles. The second-order valence-electron chi connectivity index (χ2n) is 6.11. The van der Waals surface area contributed by atoms with Gasteiger partial charge < -0.3 is 15.0 Å². The van der Waals surface area contributed by atoms with Gasteiger partial charge in [-0.25, -0.2) is 4.39 Å². The minimum atomic E-state index is -0.292. The fourth-order valence-corrected chi connectivity index (χ4v) is 2.90. The third-order valence-corrected chi connectivity index (χ3v) is 4.27. The van der Waals surface area contributed by atoms with Crippen LogP contribution in [0.1, 0.15) is 16.2 Å². The van der Waals surface area contributed by atoms with Gasteiger partial charge in [0.05, 0.1) is 19.3 Å². The Hall–Kier alpha value is -3.61. The minimum absolute atomic E-state index is 0.276. The normalized spacial score (nSPS) is 10.9. The van der Waals surface area contributed by atoms with Crippen LogP contribution in [0.3, 0.4) is 0 Å². The molecule has 0 saturated heterocycles. The van der Waals surface area contributed by atoms with Crippen molar-refractivity contribution < 1.29 is 13.9 Å². The molecule has 2 aromatic heterocycles. The molecule has 4 rings (SSSR count). The minimum Gasteiger partial charge on any atom is -0.497 e. The Kier molecular flexibility index (Phi) is 4.33. The van der Waals surface area contributed by atoms with Crippen LogP contribution < -0.4 is 10.1 Å². The van der Waals surface area contributed by atoms with Gasteiger partial charge in [-0.05, 0) is 42.5 Å². The van der Waals surface area contributed by atoms with E-state index in [9.17, 15) is 9.18 Å². The molecular weight excluding hydrogens is 347 g/mol. The van der Waals surface area contributed by atoms with E-state index in [2.05, 4.69) is 20.5 Å². The Balaban J connectivity index is 1.45. The van der Waals surface area contributed by atoms with Gasteiger partial charge in [0.25, 0.3) is 5.91 Å². The van der Waals surface area contributed by atoms with Gasteiger partial charge in [-0.3, -0.25) is 9.89 Å². The van der Waals surface area contributed by atoms with Crippen molar-refractivity contribution in [3.63, 3.8) is 0 Å². The van der Waals surface area contributed by atoms with Gasteiger partial charge in [0.15, 0.2) is 0 Å². The second kappa shape index (κ2) is 6.95. The number of aromatic nitrogens is 3. The first-order valence-electron chi connectivity index (χ1n) is 8.37. The predicted octanol–water partition coefficient (Wildman–Crippen LogP) is 3.64. The number of carbonyl (C=O) groups is 1. The average Bonchev–Trinajstić information content (AvgIpc) is 3.33. The van der Waals surface area contributed by atoms with E-state index in [1.165, 1.54) is 12.1 Å². The van der Waals surface area contributed by atoms with Crippen LogP contribution in [0, 0.1) is 5.82 Å². The van der Waals surface area contributed by atoms with Crippen molar-refractivity contribution >= 4 is 16.8 Å². The summed E-state index contributed by atoms with van der Waals surface area (Å²) in [6.07, 6.45) is 0. The van der Waals surface area contributed by atoms with Crippen molar-refractivity contribution in [3.8, 4) is 17.0 Å². The molecule has 7 heteroatoms. The van der Waals surface area contributed by atoms with Crippen LogP contribution in [-0.4, -0.2) is 28.2 Å². The molecule has 2 heterocycles. The molecule has 27 heavy (non-hydrogen) atoms. The molecule has 6 nitrogen and oxygen atoms in total. The van der Waals surface area contributed by atoms with Gasteiger partial charge in [0.1, 0.15) is 17.3 Å². The molecule has 2 aromatic carbocycles. The molecule has 0 aliphatic rings. The maximum absolute atomic E-state index is 13.3. The molecule has 0 atom stereocenters. The monoisotopic (exact) mass is 364 g/mol. The van der Waals surface area contributed by atoms with E-state index in [1.807, 2.05) is 30.3 Å². The fraction of sp³-hybridized carbons (Fsp3) is 0.100. The zero-order chi connectivity index (χ0) is 18.8. The molecule has 3 N–H and O–H groups in total. The van der Waals surface area contributed by atoms with E-state index in [4.69, 9.17) is 4.74 Å². The highest BCUT2D eigenvalue weighted by Crippen LogP contribution is 2.22. The van der Waals surface area contributed by atoms with Crippen LogP contribution in [-0.2, 0) is 6.54 Å². The van der Waals surface area contributed by atoms with E-state index in [-0.39, 0.29) is 11.7 Å². The third-order valence-electron chi connectivity index (χ3n) is 4.27. The summed E-state index contributed by atoms with van der Waals surface area (Å²) in [6.45, 7) is 0.294. The van der Waals surface area contributed by atoms with Gasteiger partial charge in [0.2, 0.25) is 0 Å². The summed E-state index contributed by atoms with van der Waals surface area (Å²) in [5.74, 6) is 0.151. The number of nitrogens with one attached hydrogen (secondary N) is 3. The Morgan fingerprint density at radius 2 is 2.07 bits per heavy atom. The Morgan fingerprint density at radius 3 is 2.93 bits per heavy atom. The summed E-state index contributed by atoms with van der Waals surface area (Å²) in [5.41, 5.74) is 3.47. The number of fused-ring (bicyclic) bond motifs is 1. The largest absolute Gasteiger partial charge is 0.497 e. The number of H-pyrrole nitrogens is 2. The van der Waals surface area contributed by atoms with Crippen molar-refractivity contribution in [3.05, 3.63) is 71.8 Å². The van der Waals surface area contributed by atoms with Crippen molar-refractivity contribution in [2.75, 3.05) is 7.11 Å². The lowest BCUT2D eigenvalue weighted by atomic mass is 10.1. The number of nitrogens with zero attached hydrogens (tertiary/aromatic N) is 1.